The SMILES string of the molecule is CN(C(=O)NCC(=O)O)C1CCOCC1. The van der Waals surface area contributed by atoms with Crippen LogP contribution in [0.3, 0.4) is 0 Å². The van der Waals surface area contributed by atoms with Gasteiger partial charge in [0.05, 0.1) is 0 Å². The molecule has 2 amide bonds. The average Bonchev–Trinajstić information content (AvgIpc) is 2.26. The van der Waals surface area contributed by atoms with Crippen molar-refractivity contribution in [2.24, 2.45) is 0 Å². The fourth-order valence-electron chi connectivity index (χ4n) is 1.51. The summed E-state index contributed by atoms with van der Waals surface area (Å²) in [4.78, 5) is 23.3. The second kappa shape index (κ2) is 5.55. The zero-order valence-electron chi connectivity index (χ0n) is 8.73. The van der Waals surface area contributed by atoms with Crippen LogP contribution in [0.25, 0.3) is 0 Å². The van der Waals surface area contributed by atoms with E-state index < -0.39 is 5.97 Å². The zero-order chi connectivity index (χ0) is 11.3. The number of ether oxygens (including phenoxy) is 1. The lowest BCUT2D eigenvalue weighted by atomic mass is 10.1. The molecule has 1 saturated heterocycles. The largest absolute Gasteiger partial charge is 0.480 e. The Morgan fingerprint density at radius 2 is 2.07 bits per heavy atom. The lowest BCUT2D eigenvalue weighted by molar-refractivity contribution is -0.135. The first-order valence-corrected chi connectivity index (χ1v) is 4.91. The van der Waals surface area contributed by atoms with E-state index in [-0.39, 0.29) is 18.6 Å². The predicted octanol–water partition coefficient (Wildman–Crippen LogP) is -0.109. The Morgan fingerprint density at radius 3 is 2.60 bits per heavy atom. The first-order valence-electron chi connectivity index (χ1n) is 4.91. The topological polar surface area (TPSA) is 78.9 Å². The van der Waals surface area contributed by atoms with Gasteiger partial charge < -0.3 is 20.1 Å². The fraction of sp³-hybridized carbons (Fsp3) is 0.778. The summed E-state index contributed by atoms with van der Waals surface area (Å²) in [6.45, 7) is 0.967. The Labute approximate surface area is 88.2 Å². The van der Waals surface area contributed by atoms with Crippen molar-refractivity contribution in [3.8, 4) is 0 Å². The van der Waals surface area contributed by atoms with Gasteiger partial charge in [0.25, 0.3) is 0 Å². The van der Waals surface area contributed by atoms with Crippen LogP contribution < -0.4 is 5.32 Å². The minimum atomic E-state index is -1.04. The van der Waals surface area contributed by atoms with Gasteiger partial charge in [-0.15, -0.1) is 0 Å². The second-order valence-corrected chi connectivity index (χ2v) is 3.51. The number of amides is 2. The number of carboxylic acids is 1. The Hall–Kier alpha value is -1.30. The van der Waals surface area contributed by atoms with E-state index in [1.807, 2.05) is 0 Å². The molecular formula is C9H16N2O4. The van der Waals surface area contributed by atoms with Gasteiger partial charge in [-0.05, 0) is 12.8 Å². The molecule has 1 aliphatic rings. The Kier molecular flexibility index (Phi) is 4.36. The molecule has 1 aliphatic heterocycles. The molecule has 0 unspecified atom stereocenters. The van der Waals surface area contributed by atoms with E-state index in [1.54, 1.807) is 11.9 Å². The highest BCUT2D eigenvalue weighted by molar-refractivity contribution is 5.79. The van der Waals surface area contributed by atoms with E-state index >= 15 is 0 Å². The Balaban J connectivity index is 2.33. The first kappa shape index (κ1) is 11.8. The maximum absolute atomic E-state index is 11.5. The molecule has 6 heteroatoms. The van der Waals surface area contributed by atoms with Crippen LogP contribution in [0.1, 0.15) is 12.8 Å². The van der Waals surface area contributed by atoms with E-state index in [9.17, 15) is 9.59 Å². The summed E-state index contributed by atoms with van der Waals surface area (Å²) in [7, 11) is 1.67. The van der Waals surface area contributed by atoms with E-state index in [4.69, 9.17) is 9.84 Å². The number of hydrogen-bond donors (Lipinski definition) is 2. The van der Waals surface area contributed by atoms with Gasteiger partial charge >= 0.3 is 12.0 Å². The number of urea groups is 1. The second-order valence-electron chi connectivity index (χ2n) is 3.51. The van der Waals surface area contributed by atoms with Crippen LogP contribution in [0, 0.1) is 0 Å². The molecule has 86 valence electrons. The van der Waals surface area contributed by atoms with Crippen LogP contribution >= 0.6 is 0 Å². The summed E-state index contributed by atoms with van der Waals surface area (Å²) in [6.07, 6.45) is 1.61. The molecule has 6 nitrogen and oxygen atoms in total. The maximum atomic E-state index is 11.5. The number of hydrogen-bond acceptors (Lipinski definition) is 3. The molecule has 1 fully saturated rings. The molecule has 15 heavy (non-hydrogen) atoms. The number of carboxylic acid groups (broad SMARTS) is 1. The van der Waals surface area contributed by atoms with Crippen LogP contribution in [0.2, 0.25) is 0 Å². The van der Waals surface area contributed by atoms with Crippen molar-refractivity contribution in [1.29, 1.82) is 0 Å². The minimum Gasteiger partial charge on any atom is -0.480 e. The maximum Gasteiger partial charge on any atom is 0.323 e. The number of aliphatic carboxylic acids is 1. The van der Waals surface area contributed by atoms with Gasteiger partial charge in [0, 0.05) is 26.3 Å². The number of carbonyl (C=O) groups is 2. The molecule has 0 bridgehead atoms. The molecule has 0 aromatic carbocycles. The van der Waals surface area contributed by atoms with Crippen molar-refractivity contribution >= 4 is 12.0 Å². The molecule has 0 saturated carbocycles. The normalized spacial score (nSPS) is 17.1. The van der Waals surface area contributed by atoms with Gasteiger partial charge in [-0.25, -0.2) is 4.79 Å². The first-order chi connectivity index (χ1) is 7.11. The molecular weight excluding hydrogens is 200 g/mol. The van der Waals surface area contributed by atoms with Crippen LogP contribution in [0.15, 0.2) is 0 Å². The van der Waals surface area contributed by atoms with Gasteiger partial charge in [-0.3, -0.25) is 4.79 Å². The monoisotopic (exact) mass is 216 g/mol. The molecule has 0 atom stereocenters. The van der Waals surface area contributed by atoms with Crippen molar-refractivity contribution in [3.05, 3.63) is 0 Å². The number of nitrogens with zero attached hydrogens (tertiary/aromatic N) is 1. The molecule has 0 aromatic rings. The van der Waals surface area contributed by atoms with Gasteiger partial charge in [0.15, 0.2) is 0 Å². The van der Waals surface area contributed by atoms with Crippen molar-refractivity contribution in [1.82, 2.24) is 10.2 Å². The molecule has 1 heterocycles. The van der Waals surface area contributed by atoms with E-state index in [1.165, 1.54) is 0 Å². The number of carbonyl (C=O) groups excluding carboxylic acids is 1. The van der Waals surface area contributed by atoms with E-state index in [2.05, 4.69) is 5.32 Å². The third-order valence-electron chi connectivity index (χ3n) is 2.45. The van der Waals surface area contributed by atoms with Gasteiger partial charge in [0.2, 0.25) is 0 Å². The average molecular weight is 216 g/mol. The lowest BCUT2D eigenvalue weighted by Crippen LogP contribution is -2.46. The lowest BCUT2D eigenvalue weighted by Gasteiger charge is -2.31. The Morgan fingerprint density at radius 1 is 1.47 bits per heavy atom. The van der Waals surface area contributed by atoms with Crippen molar-refractivity contribution in [2.45, 2.75) is 18.9 Å². The predicted molar refractivity (Wildman–Crippen MR) is 52.6 cm³/mol. The highest BCUT2D eigenvalue weighted by atomic mass is 16.5. The van der Waals surface area contributed by atoms with Gasteiger partial charge in [-0.2, -0.15) is 0 Å². The van der Waals surface area contributed by atoms with Crippen molar-refractivity contribution < 1.29 is 19.4 Å². The molecule has 0 aliphatic carbocycles. The van der Waals surface area contributed by atoms with E-state index in [0.29, 0.717) is 13.2 Å². The van der Waals surface area contributed by atoms with Crippen LogP contribution in [0.5, 0.6) is 0 Å². The van der Waals surface area contributed by atoms with Gasteiger partial charge in [-0.1, -0.05) is 0 Å². The third kappa shape index (κ3) is 3.75. The van der Waals surface area contributed by atoms with Crippen LogP contribution in [-0.2, 0) is 9.53 Å². The van der Waals surface area contributed by atoms with Crippen LogP contribution in [0.4, 0.5) is 4.79 Å². The summed E-state index contributed by atoms with van der Waals surface area (Å²) in [6, 6.07) is -0.197. The molecule has 0 radical (unpaired) electrons. The van der Waals surface area contributed by atoms with Crippen molar-refractivity contribution in [3.63, 3.8) is 0 Å². The highest BCUT2D eigenvalue weighted by Crippen LogP contribution is 2.12. The fourth-order valence-corrected chi connectivity index (χ4v) is 1.51. The summed E-state index contributed by atoms with van der Waals surface area (Å²) >= 11 is 0. The molecule has 0 spiro atoms. The number of nitrogens with one attached hydrogen (secondary N) is 1. The Bertz CT molecular complexity index is 238. The minimum absolute atomic E-state index is 0.146. The van der Waals surface area contributed by atoms with Crippen molar-refractivity contribution in [2.75, 3.05) is 26.8 Å². The highest BCUT2D eigenvalue weighted by Gasteiger charge is 2.22. The number of rotatable bonds is 3. The summed E-state index contributed by atoms with van der Waals surface area (Å²) in [5, 5.41) is 10.7. The standard InChI is InChI=1S/C9H16N2O4/c1-11(7-2-4-15-5-3-7)9(14)10-6-8(12)13/h7H,2-6H2,1H3,(H,10,14)(H,12,13). The smallest absolute Gasteiger partial charge is 0.323 e. The molecule has 2 N–H and O–H groups in total. The molecule has 1 rings (SSSR count). The molecule has 0 aromatic heterocycles. The third-order valence-corrected chi connectivity index (χ3v) is 2.45. The summed E-state index contributed by atoms with van der Waals surface area (Å²) in [5.74, 6) is -1.04. The zero-order valence-corrected chi connectivity index (χ0v) is 8.73. The van der Waals surface area contributed by atoms with Crippen LogP contribution in [-0.4, -0.2) is 54.9 Å². The summed E-state index contributed by atoms with van der Waals surface area (Å²) in [5.41, 5.74) is 0. The summed E-state index contributed by atoms with van der Waals surface area (Å²) < 4.78 is 5.18. The van der Waals surface area contributed by atoms with Gasteiger partial charge in [0.1, 0.15) is 6.54 Å². The quantitative estimate of drug-likeness (QED) is 0.690. The van der Waals surface area contributed by atoms with E-state index in [0.717, 1.165) is 12.8 Å².